The van der Waals surface area contributed by atoms with Gasteiger partial charge in [0.1, 0.15) is 16.6 Å². The molecule has 23 heavy (non-hydrogen) atoms. The van der Waals surface area contributed by atoms with Crippen LogP contribution in [0.1, 0.15) is 5.56 Å². The number of nitro benzene ring substituents is 1. The summed E-state index contributed by atoms with van der Waals surface area (Å²) in [7, 11) is 0. The van der Waals surface area contributed by atoms with Gasteiger partial charge in [-0.05, 0) is 24.3 Å². The predicted molar refractivity (Wildman–Crippen MR) is 87.4 cm³/mol. The fourth-order valence-corrected chi connectivity index (χ4v) is 2.82. The number of nitrogens with zero attached hydrogens (tertiary/aromatic N) is 3. The molecule has 0 aliphatic heterocycles. The first kappa shape index (κ1) is 14.9. The Morgan fingerprint density at radius 1 is 1.26 bits per heavy atom. The van der Waals surface area contributed by atoms with E-state index in [1.54, 1.807) is 12.4 Å². The highest BCUT2D eigenvalue weighted by Gasteiger charge is 2.14. The van der Waals surface area contributed by atoms with Crippen LogP contribution in [-0.2, 0) is 6.54 Å². The van der Waals surface area contributed by atoms with Crippen LogP contribution in [0.5, 0.6) is 5.75 Å². The average Bonchev–Trinajstić information content (AvgIpc) is 3.03. The summed E-state index contributed by atoms with van der Waals surface area (Å²) in [5.41, 5.74) is 1.32. The van der Waals surface area contributed by atoms with Crippen LogP contribution in [0.2, 0.25) is 0 Å². The van der Waals surface area contributed by atoms with E-state index in [9.17, 15) is 15.2 Å². The van der Waals surface area contributed by atoms with Gasteiger partial charge in [0.05, 0.1) is 11.0 Å². The Morgan fingerprint density at radius 2 is 2.04 bits per heavy atom. The second-order valence-electron chi connectivity index (χ2n) is 4.70. The lowest BCUT2D eigenvalue weighted by Crippen LogP contribution is -2.03. The van der Waals surface area contributed by atoms with Gasteiger partial charge in [-0.1, -0.05) is 0 Å². The van der Waals surface area contributed by atoms with Crippen molar-refractivity contribution in [3.8, 4) is 16.3 Å². The molecule has 0 aliphatic carbocycles. The first-order chi connectivity index (χ1) is 11.1. The fourth-order valence-electron chi connectivity index (χ4n) is 2.04. The topological polar surface area (TPSA) is 101 Å². The molecule has 0 atom stereocenters. The standard InChI is InChI=1S/C15H12N4O3S/c20-12-2-1-11(13(7-12)19(21)22)8-17-14-9-23-15(18-14)10-3-5-16-6-4-10/h1-7,9,17,20H,8H2. The van der Waals surface area contributed by atoms with Gasteiger partial charge in [-0.3, -0.25) is 15.1 Å². The minimum atomic E-state index is -0.514. The van der Waals surface area contributed by atoms with E-state index in [4.69, 9.17) is 0 Å². The number of thiazole rings is 1. The molecule has 1 aromatic carbocycles. The van der Waals surface area contributed by atoms with Crippen LogP contribution in [0.15, 0.2) is 48.1 Å². The van der Waals surface area contributed by atoms with Crippen LogP contribution in [0.3, 0.4) is 0 Å². The quantitative estimate of drug-likeness (QED) is 0.549. The number of aromatic nitrogens is 2. The highest BCUT2D eigenvalue weighted by atomic mass is 32.1. The van der Waals surface area contributed by atoms with E-state index >= 15 is 0 Å². The van der Waals surface area contributed by atoms with Gasteiger partial charge in [0.2, 0.25) is 0 Å². The number of phenolic OH excluding ortho intramolecular Hbond substituents is 1. The Bertz CT molecular complexity index is 836. The maximum atomic E-state index is 11.0. The van der Waals surface area contributed by atoms with Crippen molar-refractivity contribution in [1.82, 2.24) is 9.97 Å². The molecule has 0 amide bonds. The number of phenols is 1. The first-order valence-electron chi connectivity index (χ1n) is 6.69. The molecule has 116 valence electrons. The van der Waals surface area contributed by atoms with Crippen molar-refractivity contribution >= 4 is 22.8 Å². The number of hydrogen-bond acceptors (Lipinski definition) is 7. The van der Waals surface area contributed by atoms with Crippen molar-refractivity contribution in [3.05, 3.63) is 63.8 Å². The smallest absolute Gasteiger partial charge is 0.278 e. The molecule has 2 N–H and O–H groups in total. The van der Waals surface area contributed by atoms with Crippen molar-refractivity contribution in [2.45, 2.75) is 6.54 Å². The zero-order valence-electron chi connectivity index (χ0n) is 11.8. The van der Waals surface area contributed by atoms with Crippen molar-refractivity contribution in [2.24, 2.45) is 0 Å². The predicted octanol–water partition coefficient (Wildman–Crippen LogP) is 3.43. The lowest BCUT2D eigenvalue weighted by Gasteiger charge is -2.05. The lowest BCUT2D eigenvalue weighted by atomic mass is 10.1. The summed E-state index contributed by atoms with van der Waals surface area (Å²) >= 11 is 1.48. The van der Waals surface area contributed by atoms with E-state index in [0.29, 0.717) is 11.4 Å². The highest BCUT2D eigenvalue weighted by Crippen LogP contribution is 2.27. The van der Waals surface area contributed by atoms with Crippen molar-refractivity contribution in [3.63, 3.8) is 0 Å². The van der Waals surface area contributed by atoms with Gasteiger partial charge in [-0.15, -0.1) is 11.3 Å². The van der Waals surface area contributed by atoms with Crippen LogP contribution in [-0.4, -0.2) is 20.0 Å². The second-order valence-corrected chi connectivity index (χ2v) is 5.56. The zero-order valence-corrected chi connectivity index (χ0v) is 12.7. The van der Waals surface area contributed by atoms with Crippen LogP contribution >= 0.6 is 11.3 Å². The Hall–Kier alpha value is -3.00. The molecule has 0 spiro atoms. The first-order valence-corrected chi connectivity index (χ1v) is 7.57. The van der Waals surface area contributed by atoms with Crippen LogP contribution in [0.4, 0.5) is 11.5 Å². The maximum Gasteiger partial charge on any atom is 0.278 e. The minimum Gasteiger partial charge on any atom is -0.508 e. The van der Waals surface area contributed by atoms with E-state index in [2.05, 4.69) is 15.3 Å². The van der Waals surface area contributed by atoms with Crippen molar-refractivity contribution in [2.75, 3.05) is 5.32 Å². The molecule has 3 aromatic rings. The van der Waals surface area contributed by atoms with E-state index in [-0.39, 0.29) is 18.0 Å². The lowest BCUT2D eigenvalue weighted by molar-refractivity contribution is -0.385. The Labute approximate surface area is 135 Å². The molecule has 0 radical (unpaired) electrons. The molecule has 0 aliphatic rings. The van der Waals surface area contributed by atoms with Gasteiger partial charge in [0.25, 0.3) is 5.69 Å². The van der Waals surface area contributed by atoms with Gasteiger partial charge in [-0.2, -0.15) is 0 Å². The van der Waals surface area contributed by atoms with E-state index in [1.807, 2.05) is 17.5 Å². The molecule has 8 heteroatoms. The molecule has 2 aromatic heterocycles. The van der Waals surface area contributed by atoms with Gasteiger partial charge in [-0.25, -0.2) is 4.98 Å². The number of hydrogen-bond donors (Lipinski definition) is 2. The normalized spacial score (nSPS) is 10.4. The van der Waals surface area contributed by atoms with Crippen LogP contribution < -0.4 is 5.32 Å². The van der Waals surface area contributed by atoms with Gasteiger partial charge >= 0.3 is 0 Å². The molecular formula is C15H12N4O3S. The zero-order chi connectivity index (χ0) is 16.2. The van der Waals surface area contributed by atoms with Crippen LogP contribution in [0, 0.1) is 10.1 Å². The maximum absolute atomic E-state index is 11.0. The SMILES string of the molecule is O=[N+]([O-])c1cc(O)ccc1CNc1csc(-c2ccncc2)n1. The Kier molecular flexibility index (Phi) is 4.15. The molecular weight excluding hydrogens is 316 g/mol. The van der Waals surface area contributed by atoms with E-state index in [0.717, 1.165) is 16.6 Å². The fraction of sp³-hybridized carbons (Fsp3) is 0.0667. The number of nitro groups is 1. The third-order valence-electron chi connectivity index (χ3n) is 3.16. The average molecular weight is 328 g/mol. The molecule has 7 nitrogen and oxygen atoms in total. The Balaban J connectivity index is 1.75. The molecule has 0 fully saturated rings. The number of aromatic hydroxyl groups is 1. The summed E-state index contributed by atoms with van der Waals surface area (Å²) in [5, 5.41) is 26.1. The second kappa shape index (κ2) is 6.41. The molecule has 0 saturated carbocycles. The van der Waals surface area contributed by atoms with Gasteiger partial charge in [0.15, 0.2) is 0 Å². The molecule has 3 rings (SSSR count). The summed E-state index contributed by atoms with van der Waals surface area (Å²) in [6, 6.07) is 7.82. The van der Waals surface area contributed by atoms with Crippen LogP contribution in [0.25, 0.3) is 10.6 Å². The third-order valence-corrected chi connectivity index (χ3v) is 4.05. The number of pyridine rings is 1. The minimum absolute atomic E-state index is 0.123. The molecule has 0 bridgehead atoms. The summed E-state index contributed by atoms with van der Waals surface area (Å²) in [6.45, 7) is 0.246. The largest absolute Gasteiger partial charge is 0.508 e. The van der Waals surface area contributed by atoms with Crippen molar-refractivity contribution in [1.29, 1.82) is 0 Å². The molecule has 0 saturated heterocycles. The third kappa shape index (κ3) is 3.43. The van der Waals surface area contributed by atoms with Crippen molar-refractivity contribution < 1.29 is 10.0 Å². The monoisotopic (exact) mass is 328 g/mol. The molecule has 2 heterocycles. The van der Waals surface area contributed by atoms with Gasteiger partial charge < -0.3 is 10.4 Å². The summed E-state index contributed by atoms with van der Waals surface area (Å²) in [5.74, 6) is 0.512. The highest BCUT2D eigenvalue weighted by molar-refractivity contribution is 7.13. The summed E-state index contributed by atoms with van der Waals surface area (Å²) in [6.07, 6.45) is 3.40. The molecule has 0 unspecified atom stereocenters. The number of anilines is 1. The van der Waals surface area contributed by atoms with E-state index in [1.165, 1.54) is 23.5 Å². The Morgan fingerprint density at radius 3 is 2.78 bits per heavy atom. The summed E-state index contributed by atoms with van der Waals surface area (Å²) in [4.78, 5) is 18.9. The number of nitrogens with one attached hydrogen (secondary N) is 1. The number of benzene rings is 1. The van der Waals surface area contributed by atoms with E-state index < -0.39 is 4.92 Å². The number of rotatable bonds is 5. The van der Waals surface area contributed by atoms with Gasteiger partial charge in [0, 0.05) is 35.4 Å². The summed E-state index contributed by atoms with van der Waals surface area (Å²) < 4.78 is 0.